The van der Waals surface area contributed by atoms with Gasteiger partial charge in [-0.25, -0.2) is 4.98 Å². The molecule has 0 radical (unpaired) electrons. The van der Waals surface area contributed by atoms with E-state index in [1.165, 1.54) is 0 Å². The first-order valence-corrected chi connectivity index (χ1v) is 6.33. The Morgan fingerprint density at radius 1 is 1.44 bits per heavy atom. The molecular weight excluding hydrogens is 232 g/mol. The molecule has 0 saturated carbocycles. The molecule has 0 aromatic carbocycles. The number of nitrogens with two attached hydrogens (primary N) is 1. The monoisotopic (exact) mass is 252 g/mol. The molecule has 3 N–H and O–H groups in total. The largest absolute Gasteiger partial charge is 0.391 e. The van der Waals surface area contributed by atoms with E-state index in [1.807, 2.05) is 10.8 Å². The number of aromatic nitrogens is 2. The lowest BCUT2D eigenvalue weighted by Gasteiger charge is -2.21. The molecule has 1 amide bonds. The second-order valence-corrected chi connectivity index (χ2v) is 4.78. The van der Waals surface area contributed by atoms with Crippen molar-refractivity contribution in [3.63, 3.8) is 0 Å². The second kappa shape index (κ2) is 5.97. The lowest BCUT2D eigenvalue weighted by atomic mass is 10.1. The van der Waals surface area contributed by atoms with Crippen LogP contribution in [-0.4, -0.2) is 51.2 Å². The van der Waals surface area contributed by atoms with Crippen molar-refractivity contribution in [2.24, 2.45) is 5.73 Å². The highest BCUT2D eigenvalue weighted by atomic mass is 16.3. The average Bonchev–Trinajstić information content (AvgIpc) is 2.79. The normalized spacial score (nSPS) is 25.8. The Labute approximate surface area is 106 Å². The molecule has 0 bridgehead atoms. The molecule has 1 aromatic rings. The lowest BCUT2D eigenvalue weighted by Crippen LogP contribution is -2.29. The number of rotatable bonds is 4. The number of imidazole rings is 1. The van der Waals surface area contributed by atoms with Gasteiger partial charge in [0.05, 0.1) is 18.5 Å². The predicted molar refractivity (Wildman–Crippen MR) is 66.8 cm³/mol. The molecule has 1 aliphatic heterocycles. The van der Waals surface area contributed by atoms with Gasteiger partial charge in [0, 0.05) is 38.4 Å². The summed E-state index contributed by atoms with van der Waals surface area (Å²) in [6, 6.07) is 0.0751. The zero-order chi connectivity index (χ0) is 13.0. The summed E-state index contributed by atoms with van der Waals surface area (Å²) < 4.78 is 1.96. The molecule has 2 rings (SSSR count). The van der Waals surface area contributed by atoms with Crippen molar-refractivity contribution < 1.29 is 9.90 Å². The van der Waals surface area contributed by atoms with Crippen LogP contribution in [0.1, 0.15) is 25.3 Å². The molecular formula is C12H20N4O2. The molecule has 6 nitrogen and oxygen atoms in total. The van der Waals surface area contributed by atoms with Gasteiger partial charge in [-0.3, -0.25) is 4.79 Å². The van der Waals surface area contributed by atoms with Crippen LogP contribution in [0.2, 0.25) is 0 Å². The molecule has 6 heteroatoms. The van der Waals surface area contributed by atoms with E-state index < -0.39 is 0 Å². The SMILES string of the molecule is NC(=O)CCN1CC[C@H](O)[C@@H](n2ccnc2)CC1. The van der Waals surface area contributed by atoms with Crippen molar-refractivity contribution in [2.75, 3.05) is 19.6 Å². The fourth-order valence-corrected chi connectivity index (χ4v) is 2.43. The van der Waals surface area contributed by atoms with Gasteiger partial charge in [-0.05, 0) is 12.8 Å². The fraction of sp³-hybridized carbons (Fsp3) is 0.667. The van der Waals surface area contributed by atoms with E-state index in [9.17, 15) is 9.90 Å². The molecule has 2 atom stereocenters. The number of primary amides is 1. The van der Waals surface area contributed by atoms with Crippen LogP contribution in [0.25, 0.3) is 0 Å². The van der Waals surface area contributed by atoms with Gasteiger partial charge in [0.25, 0.3) is 0 Å². The van der Waals surface area contributed by atoms with Crippen LogP contribution >= 0.6 is 0 Å². The molecule has 1 aliphatic rings. The Hall–Kier alpha value is -1.40. The fourth-order valence-electron chi connectivity index (χ4n) is 2.43. The molecule has 1 fully saturated rings. The standard InChI is InChI=1S/C12H20N4O2/c13-12(18)3-7-15-5-1-10(11(17)2-6-15)16-8-4-14-9-16/h4,8-11,17H,1-3,5-7H2,(H2,13,18)/t10-,11-/m0/s1. The zero-order valence-electron chi connectivity index (χ0n) is 10.4. The number of amides is 1. The van der Waals surface area contributed by atoms with Crippen LogP contribution in [-0.2, 0) is 4.79 Å². The van der Waals surface area contributed by atoms with E-state index in [0.717, 1.165) is 19.5 Å². The van der Waals surface area contributed by atoms with Crippen LogP contribution in [0.5, 0.6) is 0 Å². The van der Waals surface area contributed by atoms with Gasteiger partial charge in [0.1, 0.15) is 0 Å². The Morgan fingerprint density at radius 2 is 2.22 bits per heavy atom. The molecule has 1 aromatic heterocycles. The first-order valence-electron chi connectivity index (χ1n) is 6.33. The summed E-state index contributed by atoms with van der Waals surface area (Å²) in [5.74, 6) is -0.272. The number of carbonyl (C=O) groups is 1. The molecule has 0 unspecified atom stereocenters. The van der Waals surface area contributed by atoms with Crippen molar-refractivity contribution in [3.8, 4) is 0 Å². The van der Waals surface area contributed by atoms with Gasteiger partial charge in [0.2, 0.25) is 5.91 Å². The molecule has 18 heavy (non-hydrogen) atoms. The Kier molecular flexibility index (Phi) is 4.33. The van der Waals surface area contributed by atoms with Crippen molar-refractivity contribution in [1.82, 2.24) is 14.5 Å². The van der Waals surface area contributed by atoms with Crippen molar-refractivity contribution in [2.45, 2.75) is 31.4 Å². The predicted octanol–water partition coefficient (Wildman–Crippen LogP) is -0.244. The number of hydrogen-bond acceptors (Lipinski definition) is 4. The van der Waals surface area contributed by atoms with E-state index in [2.05, 4.69) is 9.88 Å². The van der Waals surface area contributed by atoms with Gasteiger partial charge >= 0.3 is 0 Å². The van der Waals surface area contributed by atoms with Crippen molar-refractivity contribution in [1.29, 1.82) is 0 Å². The summed E-state index contributed by atoms with van der Waals surface area (Å²) in [7, 11) is 0. The number of nitrogens with zero attached hydrogens (tertiary/aromatic N) is 3. The third-order valence-corrected chi connectivity index (χ3v) is 3.51. The number of likely N-dealkylation sites (tertiary alicyclic amines) is 1. The topological polar surface area (TPSA) is 84.4 Å². The maximum Gasteiger partial charge on any atom is 0.218 e. The summed E-state index contributed by atoms with van der Waals surface area (Å²) >= 11 is 0. The van der Waals surface area contributed by atoms with E-state index >= 15 is 0 Å². The Balaban J connectivity index is 1.92. The van der Waals surface area contributed by atoms with Crippen LogP contribution in [0.15, 0.2) is 18.7 Å². The minimum Gasteiger partial charge on any atom is -0.391 e. The summed E-state index contributed by atoms with van der Waals surface area (Å²) in [6.45, 7) is 2.35. The zero-order valence-corrected chi connectivity index (χ0v) is 10.4. The van der Waals surface area contributed by atoms with Gasteiger partial charge in [-0.1, -0.05) is 0 Å². The third-order valence-electron chi connectivity index (χ3n) is 3.51. The first kappa shape index (κ1) is 13.0. The minimum atomic E-state index is -0.363. The minimum absolute atomic E-state index is 0.0751. The smallest absolute Gasteiger partial charge is 0.218 e. The van der Waals surface area contributed by atoms with Crippen LogP contribution in [0.3, 0.4) is 0 Å². The first-order chi connectivity index (χ1) is 8.66. The summed E-state index contributed by atoms with van der Waals surface area (Å²) in [6.07, 6.45) is 6.93. The van der Waals surface area contributed by atoms with Crippen LogP contribution in [0, 0.1) is 0 Å². The van der Waals surface area contributed by atoms with Crippen molar-refractivity contribution in [3.05, 3.63) is 18.7 Å². The highest BCUT2D eigenvalue weighted by Crippen LogP contribution is 2.22. The second-order valence-electron chi connectivity index (χ2n) is 4.78. The molecule has 1 saturated heterocycles. The number of carbonyl (C=O) groups excluding carboxylic acids is 1. The van der Waals surface area contributed by atoms with E-state index in [-0.39, 0.29) is 18.1 Å². The molecule has 100 valence electrons. The highest BCUT2D eigenvalue weighted by molar-refractivity contribution is 5.73. The summed E-state index contributed by atoms with van der Waals surface area (Å²) in [5.41, 5.74) is 5.15. The quantitative estimate of drug-likeness (QED) is 0.774. The molecule has 0 spiro atoms. The van der Waals surface area contributed by atoms with Gasteiger partial charge in [0.15, 0.2) is 0 Å². The maximum absolute atomic E-state index is 10.8. The van der Waals surface area contributed by atoms with Gasteiger partial charge in [-0.2, -0.15) is 0 Å². The molecule has 2 heterocycles. The van der Waals surface area contributed by atoms with Gasteiger partial charge < -0.3 is 20.3 Å². The lowest BCUT2D eigenvalue weighted by molar-refractivity contribution is -0.118. The third kappa shape index (κ3) is 3.30. The number of aliphatic hydroxyl groups excluding tert-OH is 1. The summed E-state index contributed by atoms with van der Waals surface area (Å²) in [5, 5.41) is 10.1. The Bertz CT molecular complexity index is 379. The maximum atomic E-state index is 10.8. The number of aliphatic hydroxyl groups is 1. The molecule has 0 aliphatic carbocycles. The Morgan fingerprint density at radius 3 is 2.89 bits per heavy atom. The van der Waals surface area contributed by atoms with Crippen molar-refractivity contribution >= 4 is 5.91 Å². The van der Waals surface area contributed by atoms with Crippen LogP contribution < -0.4 is 5.73 Å². The number of hydrogen-bond donors (Lipinski definition) is 2. The highest BCUT2D eigenvalue weighted by Gasteiger charge is 2.25. The van der Waals surface area contributed by atoms with E-state index in [4.69, 9.17) is 5.73 Å². The van der Waals surface area contributed by atoms with E-state index in [0.29, 0.717) is 19.4 Å². The van der Waals surface area contributed by atoms with Crippen LogP contribution in [0.4, 0.5) is 0 Å². The van der Waals surface area contributed by atoms with Gasteiger partial charge in [-0.15, -0.1) is 0 Å². The van der Waals surface area contributed by atoms with E-state index in [1.54, 1.807) is 12.5 Å². The average molecular weight is 252 g/mol. The summed E-state index contributed by atoms with van der Waals surface area (Å²) in [4.78, 5) is 17.0.